The molecule has 1 rings (SSSR count). The Bertz CT molecular complexity index is 382. The monoisotopic (exact) mass is 248 g/mol. The molecule has 3 heteroatoms. The van der Waals surface area contributed by atoms with Crippen LogP contribution in [0.2, 0.25) is 0 Å². The summed E-state index contributed by atoms with van der Waals surface area (Å²) in [6.07, 6.45) is 0. The van der Waals surface area contributed by atoms with Crippen molar-refractivity contribution < 1.29 is 0 Å². The minimum atomic E-state index is -0.0511. The SMILES string of the molecule is Cc1cccc(CSCC(C#N)NC(C)C)c1. The zero-order chi connectivity index (χ0) is 12.7. The minimum absolute atomic E-state index is 0.0511. The molecule has 92 valence electrons. The Morgan fingerprint density at radius 1 is 1.41 bits per heavy atom. The molecule has 1 atom stereocenters. The number of nitrogens with zero attached hydrogens (tertiary/aromatic N) is 1. The van der Waals surface area contributed by atoms with Gasteiger partial charge < -0.3 is 0 Å². The van der Waals surface area contributed by atoms with Gasteiger partial charge in [-0.15, -0.1) is 0 Å². The quantitative estimate of drug-likeness (QED) is 0.840. The van der Waals surface area contributed by atoms with E-state index in [4.69, 9.17) is 5.26 Å². The molecule has 1 N–H and O–H groups in total. The van der Waals surface area contributed by atoms with E-state index in [1.807, 2.05) is 0 Å². The smallest absolute Gasteiger partial charge is 0.105 e. The third-order valence-corrected chi connectivity index (χ3v) is 3.43. The van der Waals surface area contributed by atoms with Crippen molar-refractivity contribution in [3.05, 3.63) is 35.4 Å². The number of benzene rings is 1. The number of hydrogen-bond donors (Lipinski definition) is 1. The Balaban J connectivity index is 2.34. The molecule has 0 spiro atoms. The number of nitriles is 1. The van der Waals surface area contributed by atoms with Crippen molar-refractivity contribution in [1.29, 1.82) is 5.26 Å². The molecule has 1 unspecified atom stereocenters. The summed E-state index contributed by atoms with van der Waals surface area (Å²) in [5.74, 6) is 1.81. The van der Waals surface area contributed by atoms with E-state index >= 15 is 0 Å². The van der Waals surface area contributed by atoms with Gasteiger partial charge in [-0.2, -0.15) is 17.0 Å². The van der Waals surface area contributed by atoms with Crippen molar-refractivity contribution >= 4 is 11.8 Å². The van der Waals surface area contributed by atoms with Crippen molar-refractivity contribution in [2.75, 3.05) is 5.75 Å². The van der Waals surface area contributed by atoms with Crippen LogP contribution in [-0.4, -0.2) is 17.8 Å². The molecule has 0 radical (unpaired) electrons. The van der Waals surface area contributed by atoms with Crippen LogP contribution in [0.3, 0.4) is 0 Å². The molecular weight excluding hydrogens is 228 g/mol. The van der Waals surface area contributed by atoms with Crippen LogP contribution in [-0.2, 0) is 5.75 Å². The number of rotatable bonds is 6. The lowest BCUT2D eigenvalue weighted by molar-refractivity contribution is 0.560. The molecule has 1 aromatic carbocycles. The lowest BCUT2D eigenvalue weighted by Gasteiger charge is -2.14. The van der Waals surface area contributed by atoms with E-state index in [-0.39, 0.29) is 6.04 Å². The van der Waals surface area contributed by atoms with Crippen molar-refractivity contribution in [3.63, 3.8) is 0 Å². The van der Waals surface area contributed by atoms with Gasteiger partial charge >= 0.3 is 0 Å². The van der Waals surface area contributed by atoms with Gasteiger partial charge in [0.2, 0.25) is 0 Å². The maximum atomic E-state index is 8.99. The van der Waals surface area contributed by atoms with E-state index in [0.29, 0.717) is 6.04 Å². The maximum absolute atomic E-state index is 8.99. The third-order valence-electron chi connectivity index (χ3n) is 2.33. The van der Waals surface area contributed by atoms with Gasteiger partial charge in [0.25, 0.3) is 0 Å². The highest BCUT2D eigenvalue weighted by Gasteiger charge is 2.08. The normalized spacial score (nSPS) is 12.4. The van der Waals surface area contributed by atoms with E-state index in [0.717, 1.165) is 11.5 Å². The first-order valence-corrected chi connectivity index (χ1v) is 7.06. The summed E-state index contributed by atoms with van der Waals surface area (Å²) in [4.78, 5) is 0. The summed E-state index contributed by atoms with van der Waals surface area (Å²) in [7, 11) is 0. The molecule has 0 saturated heterocycles. The van der Waals surface area contributed by atoms with Crippen LogP contribution in [0.15, 0.2) is 24.3 Å². The molecule has 1 aromatic rings. The van der Waals surface area contributed by atoms with Crippen molar-refractivity contribution in [3.8, 4) is 6.07 Å². The molecule has 0 aromatic heterocycles. The second kappa shape index (κ2) is 7.37. The van der Waals surface area contributed by atoms with Crippen LogP contribution in [0.5, 0.6) is 0 Å². The van der Waals surface area contributed by atoms with Gasteiger partial charge in [0, 0.05) is 17.5 Å². The van der Waals surface area contributed by atoms with Crippen LogP contribution in [0.1, 0.15) is 25.0 Å². The summed E-state index contributed by atoms with van der Waals surface area (Å²) in [6, 6.07) is 11.1. The second-order valence-electron chi connectivity index (χ2n) is 4.51. The van der Waals surface area contributed by atoms with E-state index in [1.165, 1.54) is 11.1 Å². The zero-order valence-corrected chi connectivity index (χ0v) is 11.6. The first kappa shape index (κ1) is 14.1. The topological polar surface area (TPSA) is 35.8 Å². The predicted octanol–water partition coefficient (Wildman–Crippen LogP) is 3.12. The van der Waals surface area contributed by atoms with Crippen molar-refractivity contribution in [2.45, 2.75) is 38.6 Å². The maximum Gasteiger partial charge on any atom is 0.105 e. The Morgan fingerprint density at radius 3 is 2.76 bits per heavy atom. The summed E-state index contributed by atoms with van der Waals surface area (Å²) in [6.45, 7) is 6.23. The predicted molar refractivity (Wildman–Crippen MR) is 75.0 cm³/mol. The van der Waals surface area contributed by atoms with Gasteiger partial charge in [-0.25, -0.2) is 0 Å². The Kier molecular flexibility index (Phi) is 6.10. The first-order valence-electron chi connectivity index (χ1n) is 5.90. The fourth-order valence-corrected chi connectivity index (χ4v) is 2.56. The highest BCUT2D eigenvalue weighted by Crippen LogP contribution is 2.14. The molecule has 0 bridgehead atoms. The molecule has 0 aliphatic rings. The molecule has 0 fully saturated rings. The van der Waals surface area contributed by atoms with Crippen molar-refractivity contribution in [2.24, 2.45) is 0 Å². The van der Waals surface area contributed by atoms with E-state index in [9.17, 15) is 0 Å². The lowest BCUT2D eigenvalue weighted by Crippen LogP contribution is -2.35. The average molecular weight is 248 g/mol. The minimum Gasteiger partial charge on any atom is -0.299 e. The second-order valence-corrected chi connectivity index (χ2v) is 5.54. The van der Waals surface area contributed by atoms with Crippen LogP contribution in [0.4, 0.5) is 0 Å². The summed E-state index contributed by atoms with van der Waals surface area (Å²) in [5, 5.41) is 12.2. The van der Waals surface area contributed by atoms with E-state index in [2.05, 4.69) is 56.4 Å². The molecular formula is C14H20N2S. The standard InChI is InChI=1S/C14H20N2S/c1-11(2)16-14(8-15)10-17-9-13-6-4-5-12(3)7-13/h4-7,11,14,16H,9-10H2,1-3H3. The fourth-order valence-electron chi connectivity index (χ4n) is 1.62. The van der Waals surface area contributed by atoms with E-state index < -0.39 is 0 Å². The molecule has 17 heavy (non-hydrogen) atoms. The van der Waals surface area contributed by atoms with Gasteiger partial charge in [-0.3, -0.25) is 5.32 Å². The van der Waals surface area contributed by atoms with Gasteiger partial charge in [0.1, 0.15) is 6.04 Å². The van der Waals surface area contributed by atoms with Gasteiger partial charge in [0.05, 0.1) is 6.07 Å². The number of nitrogens with one attached hydrogen (secondary N) is 1. The van der Waals surface area contributed by atoms with Crippen LogP contribution in [0.25, 0.3) is 0 Å². The fraction of sp³-hybridized carbons (Fsp3) is 0.500. The highest BCUT2D eigenvalue weighted by molar-refractivity contribution is 7.98. The van der Waals surface area contributed by atoms with Crippen LogP contribution >= 0.6 is 11.8 Å². The van der Waals surface area contributed by atoms with Gasteiger partial charge in [-0.05, 0) is 26.3 Å². The van der Waals surface area contributed by atoms with Gasteiger partial charge in [-0.1, -0.05) is 29.8 Å². The highest BCUT2D eigenvalue weighted by atomic mass is 32.2. The molecule has 0 aliphatic heterocycles. The Hall–Kier alpha value is -0.980. The molecule has 0 aliphatic carbocycles. The van der Waals surface area contributed by atoms with Crippen molar-refractivity contribution in [1.82, 2.24) is 5.32 Å². The third kappa shape index (κ3) is 5.76. The lowest BCUT2D eigenvalue weighted by atomic mass is 10.2. The summed E-state index contributed by atoms with van der Waals surface area (Å²) >= 11 is 1.80. The Morgan fingerprint density at radius 2 is 2.18 bits per heavy atom. The largest absolute Gasteiger partial charge is 0.299 e. The molecule has 0 saturated carbocycles. The molecule has 0 heterocycles. The number of hydrogen-bond acceptors (Lipinski definition) is 3. The van der Waals surface area contributed by atoms with Gasteiger partial charge in [0.15, 0.2) is 0 Å². The van der Waals surface area contributed by atoms with Crippen LogP contribution in [0, 0.1) is 18.3 Å². The molecule has 0 amide bonds. The zero-order valence-electron chi connectivity index (χ0n) is 10.7. The van der Waals surface area contributed by atoms with E-state index in [1.54, 1.807) is 11.8 Å². The number of thioether (sulfide) groups is 1. The molecule has 2 nitrogen and oxygen atoms in total. The summed E-state index contributed by atoms with van der Waals surface area (Å²) < 4.78 is 0. The van der Waals surface area contributed by atoms with Crippen LogP contribution < -0.4 is 5.32 Å². The Labute approximate surface area is 108 Å². The number of aryl methyl sites for hydroxylation is 1. The average Bonchev–Trinajstić information content (AvgIpc) is 2.27. The first-order chi connectivity index (χ1) is 8.11. The summed E-state index contributed by atoms with van der Waals surface area (Å²) in [5.41, 5.74) is 2.62.